The first-order chi connectivity index (χ1) is 9.63. The topological polar surface area (TPSA) is 43.4 Å². The number of nitrogens with two attached hydrogens (primary N) is 1. The van der Waals surface area contributed by atoms with Crippen LogP contribution in [0.2, 0.25) is 0 Å². The molecule has 2 N–H and O–H groups in total. The number of nitrogens with zero attached hydrogens (tertiary/aromatic N) is 2. The molecule has 0 radical (unpaired) electrons. The number of hydrogen-bond acceptors (Lipinski definition) is 3. The highest BCUT2D eigenvalue weighted by Gasteiger charge is 2.22. The van der Waals surface area contributed by atoms with E-state index in [1.165, 1.54) is 10.9 Å². The van der Waals surface area contributed by atoms with Crippen molar-refractivity contribution >= 4 is 16.6 Å². The van der Waals surface area contributed by atoms with E-state index >= 15 is 0 Å². The number of nitrogen functional groups attached to an aromatic ring is 1. The van der Waals surface area contributed by atoms with E-state index in [2.05, 4.69) is 41.6 Å². The van der Waals surface area contributed by atoms with Crippen molar-refractivity contribution in [2.45, 2.75) is 32.5 Å². The first-order valence-electron chi connectivity index (χ1n) is 7.33. The van der Waals surface area contributed by atoms with Gasteiger partial charge in [-0.15, -0.1) is 0 Å². The molecule has 3 rings (SSSR count). The Morgan fingerprint density at radius 3 is 3.00 bits per heavy atom. The van der Waals surface area contributed by atoms with Crippen LogP contribution in [-0.4, -0.2) is 41.3 Å². The molecule has 0 aliphatic carbocycles. The van der Waals surface area contributed by atoms with Gasteiger partial charge in [-0.05, 0) is 37.4 Å². The SMILES string of the molecule is CC(C)N1CCOC(Cn2ccc3ccc(N)cc32)C1. The fraction of sp³-hybridized carbons (Fsp3) is 0.500. The largest absolute Gasteiger partial charge is 0.399 e. The Morgan fingerprint density at radius 1 is 1.35 bits per heavy atom. The summed E-state index contributed by atoms with van der Waals surface area (Å²) >= 11 is 0. The third kappa shape index (κ3) is 2.67. The van der Waals surface area contributed by atoms with Crippen LogP contribution in [0.1, 0.15) is 13.8 Å². The molecule has 0 spiro atoms. The second-order valence-electron chi connectivity index (χ2n) is 5.87. The van der Waals surface area contributed by atoms with Crippen molar-refractivity contribution in [2.24, 2.45) is 0 Å². The third-order valence-corrected chi connectivity index (χ3v) is 4.10. The molecule has 1 aliphatic heterocycles. The lowest BCUT2D eigenvalue weighted by molar-refractivity contribution is -0.0451. The number of fused-ring (bicyclic) bond motifs is 1. The Morgan fingerprint density at radius 2 is 2.20 bits per heavy atom. The lowest BCUT2D eigenvalue weighted by atomic mass is 10.2. The van der Waals surface area contributed by atoms with E-state index in [-0.39, 0.29) is 6.10 Å². The molecule has 1 fully saturated rings. The van der Waals surface area contributed by atoms with Gasteiger partial charge in [0.2, 0.25) is 0 Å². The summed E-state index contributed by atoms with van der Waals surface area (Å²) < 4.78 is 8.17. The van der Waals surface area contributed by atoms with Crippen molar-refractivity contribution in [3.8, 4) is 0 Å². The molecule has 2 heterocycles. The predicted molar refractivity (Wildman–Crippen MR) is 82.8 cm³/mol. The number of rotatable bonds is 3. The average molecular weight is 273 g/mol. The zero-order valence-electron chi connectivity index (χ0n) is 12.2. The van der Waals surface area contributed by atoms with Crippen LogP contribution in [0.3, 0.4) is 0 Å². The van der Waals surface area contributed by atoms with Crippen molar-refractivity contribution in [2.75, 3.05) is 25.4 Å². The number of anilines is 1. The normalized spacial score (nSPS) is 20.9. The van der Waals surface area contributed by atoms with E-state index < -0.39 is 0 Å². The van der Waals surface area contributed by atoms with Crippen LogP contribution in [0.25, 0.3) is 10.9 Å². The molecule has 2 aromatic rings. The zero-order valence-corrected chi connectivity index (χ0v) is 12.2. The molecule has 108 valence electrons. The van der Waals surface area contributed by atoms with Gasteiger partial charge in [0.1, 0.15) is 0 Å². The van der Waals surface area contributed by atoms with Gasteiger partial charge >= 0.3 is 0 Å². The van der Waals surface area contributed by atoms with Crippen molar-refractivity contribution in [1.82, 2.24) is 9.47 Å². The Balaban J connectivity index is 1.77. The Labute approximate surface area is 120 Å². The molecule has 4 heteroatoms. The predicted octanol–water partition coefficient (Wildman–Crippen LogP) is 2.33. The summed E-state index contributed by atoms with van der Waals surface area (Å²) in [4.78, 5) is 2.48. The highest BCUT2D eigenvalue weighted by Crippen LogP contribution is 2.20. The van der Waals surface area contributed by atoms with E-state index in [4.69, 9.17) is 10.5 Å². The molecule has 4 nitrogen and oxygen atoms in total. The van der Waals surface area contributed by atoms with Gasteiger partial charge in [-0.1, -0.05) is 6.07 Å². The highest BCUT2D eigenvalue weighted by molar-refractivity contribution is 5.83. The highest BCUT2D eigenvalue weighted by atomic mass is 16.5. The monoisotopic (exact) mass is 273 g/mol. The number of benzene rings is 1. The van der Waals surface area contributed by atoms with E-state index in [0.29, 0.717) is 6.04 Å². The van der Waals surface area contributed by atoms with E-state index in [9.17, 15) is 0 Å². The van der Waals surface area contributed by atoms with Crippen LogP contribution in [0, 0.1) is 0 Å². The van der Waals surface area contributed by atoms with Crippen LogP contribution < -0.4 is 5.73 Å². The molecule has 0 bridgehead atoms. The van der Waals surface area contributed by atoms with Crippen LogP contribution in [0.15, 0.2) is 30.5 Å². The molecular weight excluding hydrogens is 250 g/mol. The van der Waals surface area contributed by atoms with Crippen LogP contribution in [0.5, 0.6) is 0 Å². The fourth-order valence-corrected chi connectivity index (χ4v) is 2.90. The number of hydrogen-bond donors (Lipinski definition) is 1. The molecular formula is C16H23N3O. The van der Waals surface area contributed by atoms with Gasteiger partial charge in [-0.2, -0.15) is 0 Å². The van der Waals surface area contributed by atoms with Crippen molar-refractivity contribution in [3.63, 3.8) is 0 Å². The molecule has 1 aromatic heterocycles. The fourth-order valence-electron chi connectivity index (χ4n) is 2.90. The summed E-state index contributed by atoms with van der Waals surface area (Å²) in [5, 5.41) is 1.23. The molecule has 0 amide bonds. The van der Waals surface area contributed by atoms with Gasteiger partial charge < -0.3 is 15.0 Å². The zero-order chi connectivity index (χ0) is 14.1. The Hall–Kier alpha value is -1.52. The minimum absolute atomic E-state index is 0.253. The van der Waals surface area contributed by atoms with Crippen LogP contribution in [0.4, 0.5) is 5.69 Å². The first-order valence-corrected chi connectivity index (χ1v) is 7.33. The van der Waals surface area contributed by atoms with E-state index in [1.54, 1.807) is 0 Å². The quantitative estimate of drug-likeness (QED) is 0.873. The molecule has 0 saturated carbocycles. The second kappa shape index (κ2) is 5.46. The Bertz CT molecular complexity index is 590. The van der Waals surface area contributed by atoms with Crippen molar-refractivity contribution < 1.29 is 4.74 Å². The summed E-state index contributed by atoms with van der Waals surface area (Å²) in [6, 6.07) is 8.78. The lowest BCUT2D eigenvalue weighted by Crippen LogP contribution is -2.47. The van der Waals surface area contributed by atoms with E-state index in [0.717, 1.165) is 31.9 Å². The van der Waals surface area contributed by atoms with Gasteiger partial charge in [0.05, 0.1) is 24.8 Å². The second-order valence-corrected chi connectivity index (χ2v) is 5.87. The number of morpholine rings is 1. The van der Waals surface area contributed by atoms with Gasteiger partial charge in [0.15, 0.2) is 0 Å². The minimum Gasteiger partial charge on any atom is -0.399 e. The van der Waals surface area contributed by atoms with Crippen LogP contribution >= 0.6 is 0 Å². The lowest BCUT2D eigenvalue weighted by Gasteiger charge is -2.35. The summed E-state index contributed by atoms with van der Waals surface area (Å²) in [5.41, 5.74) is 7.90. The van der Waals surface area contributed by atoms with Crippen LogP contribution in [-0.2, 0) is 11.3 Å². The maximum Gasteiger partial charge on any atom is 0.0881 e. The van der Waals surface area contributed by atoms with Gasteiger partial charge in [0.25, 0.3) is 0 Å². The maximum atomic E-state index is 5.92. The van der Waals surface area contributed by atoms with Gasteiger partial charge in [-0.25, -0.2) is 0 Å². The maximum absolute atomic E-state index is 5.92. The summed E-state index contributed by atoms with van der Waals surface area (Å²) in [6.07, 6.45) is 2.38. The molecule has 1 aromatic carbocycles. The minimum atomic E-state index is 0.253. The smallest absolute Gasteiger partial charge is 0.0881 e. The molecule has 1 atom stereocenters. The number of aromatic nitrogens is 1. The average Bonchev–Trinajstić information content (AvgIpc) is 2.82. The molecule has 1 aliphatic rings. The van der Waals surface area contributed by atoms with Crippen molar-refractivity contribution in [3.05, 3.63) is 30.5 Å². The first kappa shape index (κ1) is 13.5. The summed E-state index contributed by atoms with van der Waals surface area (Å²) in [5.74, 6) is 0. The number of ether oxygens (including phenoxy) is 1. The summed E-state index contributed by atoms with van der Waals surface area (Å²) in [6.45, 7) is 8.23. The molecule has 1 saturated heterocycles. The third-order valence-electron chi connectivity index (χ3n) is 4.10. The van der Waals surface area contributed by atoms with Crippen molar-refractivity contribution in [1.29, 1.82) is 0 Å². The molecule has 1 unspecified atom stereocenters. The standard InChI is InChI=1S/C16H23N3O/c1-12(2)18-7-8-20-15(10-18)11-19-6-5-13-3-4-14(17)9-16(13)19/h3-6,9,12,15H,7-8,10-11,17H2,1-2H3. The molecule has 20 heavy (non-hydrogen) atoms. The van der Waals surface area contributed by atoms with E-state index in [1.807, 2.05) is 12.1 Å². The summed E-state index contributed by atoms with van der Waals surface area (Å²) in [7, 11) is 0. The van der Waals surface area contributed by atoms with Gasteiger partial charge in [0, 0.05) is 31.0 Å². The van der Waals surface area contributed by atoms with Gasteiger partial charge in [-0.3, -0.25) is 4.90 Å². The Kier molecular flexibility index (Phi) is 3.68.